The van der Waals surface area contributed by atoms with Crippen molar-refractivity contribution in [3.05, 3.63) is 23.8 Å². The third kappa shape index (κ3) is 4.19. The van der Waals surface area contributed by atoms with E-state index in [1.165, 1.54) is 0 Å². The Morgan fingerprint density at radius 3 is 3.00 bits per heavy atom. The average Bonchev–Trinajstić information content (AvgIpc) is 2.45. The lowest BCUT2D eigenvalue weighted by molar-refractivity contribution is -0.117. The molecule has 1 saturated heterocycles. The topological polar surface area (TPSA) is 67.6 Å². The number of rotatable bonds is 4. The smallest absolute Gasteiger partial charge is 0.225 e. The summed E-state index contributed by atoms with van der Waals surface area (Å²) in [6.07, 6.45) is 0.714. The molecule has 1 aliphatic rings. The molecule has 1 aromatic rings. The van der Waals surface area contributed by atoms with Gasteiger partial charge in [-0.15, -0.1) is 0 Å². The molecular formula is C16H25N3O2. The standard InChI is InChI=1S/C16H25N3O2/c1-11-10-21-12(2)9-19(11)8-7-16(20)18-15-6-4-5-14(17)13(15)3/h4-6,11-12H,7-10,17H2,1-3H3,(H,18,20). The van der Waals surface area contributed by atoms with Gasteiger partial charge in [0.25, 0.3) is 0 Å². The van der Waals surface area contributed by atoms with E-state index in [1.807, 2.05) is 25.1 Å². The van der Waals surface area contributed by atoms with Crippen LogP contribution in [-0.4, -0.2) is 42.6 Å². The highest BCUT2D eigenvalue weighted by Crippen LogP contribution is 2.20. The molecule has 1 fully saturated rings. The lowest BCUT2D eigenvalue weighted by atomic mass is 10.1. The third-order valence-electron chi connectivity index (χ3n) is 4.01. The summed E-state index contributed by atoms with van der Waals surface area (Å²) in [4.78, 5) is 14.4. The normalized spacial score (nSPS) is 23.0. The van der Waals surface area contributed by atoms with Crippen LogP contribution in [0.4, 0.5) is 11.4 Å². The Hall–Kier alpha value is -1.59. The fourth-order valence-electron chi connectivity index (χ4n) is 2.53. The van der Waals surface area contributed by atoms with Gasteiger partial charge >= 0.3 is 0 Å². The van der Waals surface area contributed by atoms with E-state index in [4.69, 9.17) is 10.5 Å². The number of amides is 1. The zero-order chi connectivity index (χ0) is 15.4. The highest BCUT2D eigenvalue weighted by molar-refractivity contribution is 5.92. The molecule has 1 heterocycles. The summed E-state index contributed by atoms with van der Waals surface area (Å²) in [5.41, 5.74) is 8.26. The third-order valence-corrected chi connectivity index (χ3v) is 4.01. The lowest BCUT2D eigenvalue weighted by Crippen LogP contribution is -2.48. The molecule has 2 atom stereocenters. The van der Waals surface area contributed by atoms with Crippen LogP contribution in [0.25, 0.3) is 0 Å². The molecule has 0 bridgehead atoms. The van der Waals surface area contributed by atoms with Crippen LogP contribution in [-0.2, 0) is 9.53 Å². The van der Waals surface area contributed by atoms with Gasteiger partial charge in [0.1, 0.15) is 0 Å². The van der Waals surface area contributed by atoms with E-state index in [-0.39, 0.29) is 12.0 Å². The van der Waals surface area contributed by atoms with Crippen LogP contribution in [0.2, 0.25) is 0 Å². The predicted molar refractivity (Wildman–Crippen MR) is 85.3 cm³/mol. The van der Waals surface area contributed by atoms with Crippen LogP contribution < -0.4 is 11.1 Å². The molecule has 2 unspecified atom stereocenters. The van der Waals surface area contributed by atoms with E-state index in [1.54, 1.807) is 0 Å². The van der Waals surface area contributed by atoms with Gasteiger partial charge in [-0.25, -0.2) is 0 Å². The first-order valence-corrected chi connectivity index (χ1v) is 7.48. The number of benzene rings is 1. The van der Waals surface area contributed by atoms with Crippen molar-refractivity contribution in [1.82, 2.24) is 4.90 Å². The maximum Gasteiger partial charge on any atom is 0.225 e. The SMILES string of the molecule is Cc1c(N)cccc1NC(=O)CCN1CC(C)OCC1C. The first-order valence-electron chi connectivity index (χ1n) is 7.48. The summed E-state index contributed by atoms with van der Waals surface area (Å²) in [6.45, 7) is 8.47. The van der Waals surface area contributed by atoms with Gasteiger partial charge in [0.15, 0.2) is 0 Å². The Bertz CT molecular complexity index is 504. The molecule has 1 amide bonds. The van der Waals surface area contributed by atoms with Crippen molar-refractivity contribution in [1.29, 1.82) is 0 Å². The zero-order valence-corrected chi connectivity index (χ0v) is 13.1. The van der Waals surface area contributed by atoms with Gasteiger partial charge in [0, 0.05) is 36.9 Å². The van der Waals surface area contributed by atoms with Crippen molar-refractivity contribution in [3.8, 4) is 0 Å². The van der Waals surface area contributed by atoms with Gasteiger partial charge in [-0.1, -0.05) is 6.07 Å². The molecule has 0 spiro atoms. The highest BCUT2D eigenvalue weighted by atomic mass is 16.5. The number of morpholine rings is 1. The van der Waals surface area contributed by atoms with E-state index in [9.17, 15) is 4.79 Å². The fourth-order valence-corrected chi connectivity index (χ4v) is 2.53. The number of carbonyl (C=O) groups is 1. The minimum Gasteiger partial charge on any atom is -0.398 e. The summed E-state index contributed by atoms with van der Waals surface area (Å²) in [5, 5.41) is 2.94. The van der Waals surface area contributed by atoms with Crippen molar-refractivity contribution < 1.29 is 9.53 Å². The first-order chi connectivity index (χ1) is 9.97. The summed E-state index contributed by atoms with van der Waals surface area (Å²) in [5.74, 6) is 0.0232. The van der Waals surface area contributed by atoms with Gasteiger partial charge in [0.2, 0.25) is 5.91 Å². The van der Waals surface area contributed by atoms with E-state index >= 15 is 0 Å². The van der Waals surface area contributed by atoms with Crippen molar-refractivity contribution in [2.45, 2.75) is 39.3 Å². The molecule has 0 aliphatic carbocycles. The predicted octanol–water partition coefficient (Wildman–Crippen LogP) is 2.02. The summed E-state index contributed by atoms with van der Waals surface area (Å²) in [7, 11) is 0. The van der Waals surface area contributed by atoms with Crippen molar-refractivity contribution in [2.24, 2.45) is 0 Å². The molecule has 3 N–H and O–H groups in total. The second kappa shape index (κ2) is 6.91. The van der Waals surface area contributed by atoms with Crippen molar-refractivity contribution in [2.75, 3.05) is 30.7 Å². The number of anilines is 2. The molecule has 5 nitrogen and oxygen atoms in total. The summed E-state index contributed by atoms with van der Waals surface area (Å²) >= 11 is 0. The minimum atomic E-state index is 0.0232. The van der Waals surface area contributed by atoms with E-state index in [0.717, 1.165) is 30.9 Å². The second-order valence-corrected chi connectivity index (χ2v) is 5.81. The zero-order valence-electron chi connectivity index (χ0n) is 13.1. The van der Waals surface area contributed by atoms with Gasteiger partial charge < -0.3 is 15.8 Å². The monoisotopic (exact) mass is 291 g/mol. The fraction of sp³-hybridized carbons (Fsp3) is 0.562. The van der Waals surface area contributed by atoms with Crippen LogP contribution in [0, 0.1) is 6.92 Å². The number of ether oxygens (including phenoxy) is 1. The molecular weight excluding hydrogens is 266 g/mol. The van der Waals surface area contributed by atoms with Crippen LogP contribution in [0.1, 0.15) is 25.8 Å². The van der Waals surface area contributed by atoms with Crippen molar-refractivity contribution >= 4 is 17.3 Å². The number of hydrogen-bond acceptors (Lipinski definition) is 4. The van der Waals surface area contributed by atoms with Crippen LogP contribution in [0.5, 0.6) is 0 Å². The molecule has 21 heavy (non-hydrogen) atoms. The quantitative estimate of drug-likeness (QED) is 0.833. The van der Waals surface area contributed by atoms with Gasteiger partial charge in [-0.3, -0.25) is 9.69 Å². The molecule has 0 saturated carbocycles. The number of carbonyl (C=O) groups excluding carboxylic acids is 1. The molecule has 1 aromatic carbocycles. The molecule has 2 rings (SSSR count). The first kappa shape index (κ1) is 15.8. The Balaban J connectivity index is 1.86. The largest absolute Gasteiger partial charge is 0.398 e. The lowest BCUT2D eigenvalue weighted by Gasteiger charge is -2.36. The number of nitrogens with one attached hydrogen (secondary N) is 1. The maximum atomic E-state index is 12.1. The van der Waals surface area contributed by atoms with E-state index < -0.39 is 0 Å². The Labute approximate surface area is 126 Å². The summed E-state index contributed by atoms with van der Waals surface area (Å²) < 4.78 is 5.60. The van der Waals surface area contributed by atoms with Gasteiger partial charge in [-0.05, 0) is 38.5 Å². The van der Waals surface area contributed by atoms with Gasteiger partial charge in [0.05, 0.1) is 12.7 Å². The minimum absolute atomic E-state index is 0.0232. The number of nitrogen functional groups attached to an aromatic ring is 1. The van der Waals surface area contributed by atoms with Crippen LogP contribution >= 0.6 is 0 Å². The average molecular weight is 291 g/mol. The second-order valence-electron chi connectivity index (χ2n) is 5.81. The van der Waals surface area contributed by atoms with Gasteiger partial charge in [-0.2, -0.15) is 0 Å². The molecule has 1 aliphatic heterocycles. The molecule has 0 radical (unpaired) electrons. The number of nitrogens with zero attached hydrogens (tertiary/aromatic N) is 1. The number of hydrogen-bond donors (Lipinski definition) is 2. The van der Waals surface area contributed by atoms with Crippen LogP contribution in [0.3, 0.4) is 0 Å². The Morgan fingerprint density at radius 2 is 2.24 bits per heavy atom. The molecule has 5 heteroatoms. The Morgan fingerprint density at radius 1 is 1.48 bits per heavy atom. The maximum absolute atomic E-state index is 12.1. The highest BCUT2D eigenvalue weighted by Gasteiger charge is 2.23. The molecule has 116 valence electrons. The van der Waals surface area contributed by atoms with E-state index in [0.29, 0.717) is 18.2 Å². The Kier molecular flexibility index (Phi) is 5.20. The molecule has 0 aromatic heterocycles. The summed E-state index contributed by atoms with van der Waals surface area (Å²) in [6, 6.07) is 5.93. The van der Waals surface area contributed by atoms with Crippen LogP contribution in [0.15, 0.2) is 18.2 Å². The van der Waals surface area contributed by atoms with E-state index in [2.05, 4.69) is 24.1 Å². The number of nitrogens with two attached hydrogens (primary N) is 1. The van der Waals surface area contributed by atoms with Crippen molar-refractivity contribution in [3.63, 3.8) is 0 Å².